The minimum absolute atomic E-state index is 0.0394. The lowest BCUT2D eigenvalue weighted by atomic mass is 9.92. The van der Waals surface area contributed by atoms with Gasteiger partial charge in [-0.3, -0.25) is 34.2 Å². The van der Waals surface area contributed by atoms with Gasteiger partial charge in [0.1, 0.15) is 28.7 Å². The average molecular weight is 1710 g/mol. The minimum atomic E-state index is -1.05. The predicted octanol–water partition coefficient (Wildman–Crippen LogP) is 18.0. The van der Waals surface area contributed by atoms with E-state index in [0.717, 1.165) is 175 Å². The SMILES string of the molecule is CC(=O)c1ccc2nc(CN3C=CC(c4cccc5c4O[C@@](C)(c4ccc(Cl)cn4)O5)CC3)n(C[C@@H]3CCO3)c2c1.CC(=O)c1ccc2nc(CN3CC=C(c4cccc5c4O[C@@](C)(c4ccc(Cl)cn4)O5)CC3)n(C[C@@H]3CCO3)c2c1.CC(=O)c1ccc2nc(C[n+]3ccc(-c4cccc5c4O[C@@](C)(c4ccc(Cl)cn4)O5)cc3)n(C[C@@H]3CCO3)c2c1. The van der Waals surface area contributed by atoms with Crippen molar-refractivity contribution >= 4 is 90.8 Å². The summed E-state index contributed by atoms with van der Waals surface area (Å²) < 4.78 is 64.0. The lowest BCUT2D eigenvalue weighted by molar-refractivity contribution is -0.689. The maximum atomic E-state index is 12.1. The molecule has 0 N–H and O–H groups in total. The number of hydrogen-bond acceptors (Lipinski definition) is 20. The van der Waals surface area contributed by atoms with Crippen LogP contribution in [0.1, 0.15) is 156 Å². The van der Waals surface area contributed by atoms with Gasteiger partial charge in [-0.25, -0.2) is 15.0 Å². The molecule has 0 radical (unpaired) electrons. The number of nitrogens with zero attached hydrogens (tertiary/aromatic N) is 12. The molecule has 27 heteroatoms. The maximum absolute atomic E-state index is 12.1. The molecule has 1 unspecified atom stereocenters. The first-order valence-corrected chi connectivity index (χ1v) is 42.8. The number of Topliss-reactive ketones (excluding diaryl/α,β-unsaturated/α-hetero) is 3. The molecular weight excluding hydrogens is 1620 g/mol. The number of pyridine rings is 4. The Bertz CT molecular complexity index is 6330. The molecule has 626 valence electrons. The Balaban J connectivity index is 0.000000121. The summed E-state index contributed by atoms with van der Waals surface area (Å²) in [5, 5.41) is 1.69. The van der Waals surface area contributed by atoms with Gasteiger partial charge in [-0.05, 0) is 179 Å². The topological polar surface area (TPSA) is 237 Å². The molecule has 6 aromatic carbocycles. The quantitative estimate of drug-likeness (QED) is 0.0480. The number of ketones is 3. The average Bonchev–Trinajstić information content (AvgIpc) is 1.18. The number of carbonyl (C=O) groups excluding carboxylic acids is 3. The van der Waals surface area contributed by atoms with Crippen LogP contribution in [-0.2, 0) is 70.8 Å². The van der Waals surface area contributed by atoms with Gasteiger partial charge in [0.05, 0.1) is 99.2 Å². The summed E-state index contributed by atoms with van der Waals surface area (Å²) >= 11 is 18.1. The number of halogens is 3. The van der Waals surface area contributed by atoms with Gasteiger partial charge in [-0.1, -0.05) is 83.4 Å². The molecule has 123 heavy (non-hydrogen) atoms. The van der Waals surface area contributed by atoms with Gasteiger partial charge in [0.2, 0.25) is 6.54 Å². The van der Waals surface area contributed by atoms with Crippen molar-refractivity contribution in [3.8, 4) is 45.6 Å². The number of carbonyl (C=O) groups is 3. The van der Waals surface area contributed by atoms with Gasteiger partial charge in [0, 0.05) is 130 Å². The van der Waals surface area contributed by atoms with Gasteiger partial charge in [-0.2, -0.15) is 4.57 Å². The van der Waals surface area contributed by atoms with Crippen molar-refractivity contribution in [2.45, 2.75) is 155 Å². The molecular formula is C96H90Cl3N12O12+. The molecule has 7 aromatic heterocycles. The summed E-state index contributed by atoms with van der Waals surface area (Å²) in [5.41, 5.74) is 15.0. The molecule has 0 aliphatic carbocycles. The van der Waals surface area contributed by atoms with Gasteiger partial charge in [-0.15, -0.1) is 0 Å². The zero-order valence-corrected chi connectivity index (χ0v) is 71.1. The number of fused-ring (bicyclic) bond motifs is 6. The molecule has 3 saturated heterocycles. The summed E-state index contributed by atoms with van der Waals surface area (Å²) in [6.07, 6.45) is 21.0. The van der Waals surface area contributed by atoms with E-state index in [2.05, 4.69) is 85.6 Å². The van der Waals surface area contributed by atoms with Crippen molar-refractivity contribution in [3.05, 3.63) is 285 Å². The van der Waals surface area contributed by atoms with Gasteiger partial charge < -0.3 is 61.2 Å². The molecule has 0 saturated carbocycles. The summed E-state index contributed by atoms with van der Waals surface area (Å²) in [6.45, 7) is 19.5. The summed E-state index contributed by atoms with van der Waals surface area (Å²) in [6, 6.07) is 50.2. The normalized spacial score (nSPS) is 21.5. The molecule has 0 spiro atoms. The van der Waals surface area contributed by atoms with Crippen LogP contribution in [0.3, 0.4) is 0 Å². The molecule has 0 bridgehead atoms. The Labute approximate surface area is 725 Å². The number of allylic oxidation sites excluding steroid dienone is 1. The first kappa shape index (κ1) is 80.8. The largest absolute Gasteiger partial charge is 0.443 e. The number of ether oxygens (including phenoxy) is 9. The van der Waals surface area contributed by atoms with E-state index < -0.39 is 17.4 Å². The van der Waals surface area contributed by atoms with E-state index in [4.69, 9.17) is 92.4 Å². The fourth-order valence-electron chi connectivity index (χ4n) is 16.9. The Morgan fingerprint density at radius 1 is 0.472 bits per heavy atom. The number of hydrogen-bond donors (Lipinski definition) is 0. The number of aromatic nitrogens is 10. The predicted molar refractivity (Wildman–Crippen MR) is 465 cm³/mol. The van der Waals surface area contributed by atoms with E-state index >= 15 is 0 Å². The van der Waals surface area contributed by atoms with Gasteiger partial charge in [0.15, 0.2) is 70.1 Å². The first-order valence-electron chi connectivity index (χ1n) is 41.7. The lowest BCUT2D eigenvalue weighted by Gasteiger charge is -2.30. The smallest absolute Gasteiger partial charge is 0.292 e. The molecule has 8 aliphatic heterocycles. The number of benzene rings is 6. The van der Waals surface area contributed by atoms with Crippen LogP contribution in [-0.4, -0.2) is 129 Å². The van der Waals surface area contributed by atoms with Crippen molar-refractivity contribution in [3.63, 3.8) is 0 Å². The fourth-order valence-corrected chi connectivity index (χ4v) is 17.3. The molecule has 7 atom stereocenters. The molecule has 0 amide bonds. The molecule has 13 aromatic rings. The first-order chi connectivity index (χ1) is 59.6. The van der Waals surface area contributed by atoms with E-state index in [1.165, 1.54) is 5.57 Å². The molecule has 21 rings (SSSR count). The van der Waals surface area contributed by atoms with Crippen LogP contribution >= 0.6 is 34.8 Å². The Hall–Kier alpha value is -11.9. The summed E-state index contributed by atoms with van der Waals surface area (Å²) in [5.74, 6) is 4.41. The van der Waals surface area contributed by atoms with E-state index in [0.29, 0.717) is 92.3 Å². The van der Waals surface area contributed by atoms with Crippen molar-refractivity contribution < 1.29 is 61.6 Å². The third kappa shape index (κ3) is 16.5. The van der Waals surface area contributed by atoms with Crippen molar-refractivity contribution in [2.24, 2.45) is 0 Å². The Morgan fingerprint density at radius 2 is 0.902 bits per heavy atom. The number of para-hydroxylation sites is 3. The van der Waals surface area contributed by atoms with Crippen molar-refractivity contribution in [1.29, 1.82) is 0 Å². The monoisotopic (exact) mass is 1710 g/mol. The van der Waals surface area contributed by atoms with Crippen LogP contribution in [0.15, 0.2) is 207 Å². The molecule has 24 nitrogen and oxygen atoms in total. The van der Waals surface area contributed by atoms with E-state index in [1.807, 2.05) is 148 Å². The third-order valence-corrected chi connectivity index (χ3v) is 24.8. The van der Waals surface area contributed by atoms with Crippen molar-refractivity contribution in [1.82, 2.24) is 53.4 Å². The second kappa shape index (κ2) is 33.4. The zero-order chi connectivity index (χ0) is 84.4. The molecule has 8 aliphatic rings. The third-order valence-electron chi connectivity index (χ3n) is 24.1. The molecule has 15 heterocycles. The van der Waals surface area contributed by atoms with E-state index in [-0.39, 0.29) is 41.6 Å². The molecule has 3 fully saturated rings. The standard InChI is InChI=1S/2C32H31ClN4O4.C32H28ClN4O4/c3*1-20(38)22-6-8-26-27(16-22)37(18-24-12-15-39-24)30(35-26)19-36-13-10-21(11-14-36)25-4-3-5-28-31(25)41-32(2,40-28)29-9-7-23(33)17-34-29/h3-10,16-17,24H,11-15,18-19H2,1-2H3;3-10,13,16-17,21,24H,11-12,14-15,18-19H2,1-2H3;3-11,13-14,16-17,24H,12,15,18-19H2,1-2H3/q;;+1/t24-,32-;21?,24-,32-;24-,32-/m000/s1. The number of imidazole rings is 3. The van der Waals surface area contributed by atoms with Crippen LogP contribution in [0.4, 0.5) is 0 Å². The van der Waals surface area contributed by atoms with Gasteiger partial charge in [0.25, 0.3) is 17.4 Å². The van der Waals surface area contributed by atoms with Crippen molar-refractivity contribution in [2.75, 3.05) is 39.5 Å². The van der Waals surface area contributed by atoms with Gasteiger partial charge >= 0.3 is 0 Å². The fraction of sp³-hybridized carbons (Fsp3) is 0.312. The van der Waals surface area contributed by atoms with E-state index in [9.17, 15) is 14.4 Å². The Kier molecular flexibility index (Phi) is 22.0. The second-order valence-electron chi connectivity index (χ2n) is 32.7. The Morgan fingerprint density at radius 3 is 1.33 bits per heavy atom. The van der Waals surface area contributed by atoms with E-state index in [1.54, 1.807) is 57.6 Å². The second-order valence-corrected chi connectivity index (χ2v) is 34.0. The van der Waals surface area contributed by atoms with Crippen LogP contribution in [0.25, 0.3) is 49.8 Å². The highest BCUT2D eigenvalue weighted by Gasteiger charge is 2.45. The zero-order valence-electron chi connectivity index (χ0n) is 68.9. The summed E-state index contributed by atoms with van der Waals surface area (Å²) in [7, 11) is 0. The minimum Gasteiger partial charge on any atom is -0.443 e. The highest BCUT2D eigenvalue weighted by atomic mass is 35.5. The highest BCUT2D eigenvalue weighted by Crippen LogP contribution is 2.52. The maximum Gasteiger partial charge on any atom is 0.292 e. The highest BCUT2D eigenvalue weighted by molar-refractivity contribution is 6.31. The van der Waals surface area contributed by atoms with Crippen LogP contribution in [0, 0.1) is 0 Å². The lowest BCUT2D eigenvalue weighted by Crippen LogP contribution is -2.36. The summed E-state index contributed by atoms with van der Waals surface area (Å²) in [4.78, 5) is 69.0. The van der Waals surface area contributed by atoms with Crippen LogP contribution in [0.2, 0.25) is 15.1 Å². The van der Waals surface area contributed by atoms with Crippen LogP contribution in [0.5, 0.6) is 34.5 Å². The van der Waals surface area contributed by atoms with Crippen LogP contribution < -0.4 is 33.0 Å². The number of rotatable bonds is 21.